The maximum atomic E-state index is 9.08. The van der Waals surface area contributed by atoms with Crippen LogP contribution in [0.5, 0.6) is 11.5 Å². The summed E-state index contributed by atoms with van der Waals surface area (Å²) in [6.07, 6.45) is 1.52. The summed E-state index contributed by atoms with van der Waals surface area (Å²) in [6, 6.07) is 5.65. The number of nitrogen functional groups attached to an aromatic ring is 1. The number of hydrogen-bond acceptors (Lipinski definition) is 9. The number of aliphatic hydroxyl groups is 1. The Kier molecular flexibility index (Phi) is 5.12. The molecule has 0 saturated carbocycles. The number of benzene rings is 1. The second-order valence-corrected chi connectivity index (χ2v) is 6.50. The minimum absolute atomic E-state index is 0.180. The van der Waals surface area contributed by atoms with Gasteiger partial charge in [-0.2, -0.15) is 0 Å². The molecule has 0 unspecified atom stereocenters. The minimum atomic E-state index is 0.180. The van der Waals surface area contributed by atoms with Crippen LogP contribution in [0.4, 0.5) is 23.0 Å². The predicted octanol–water partition coefficient (Wildman–Crippen LogP) is 0.688. The summed E-state index contributed by atoms with van der Waals surface area (Å²) >= 11 is 0. The number of nitrogens with two attached hydrogens (primary N) is 1. The van der Waals surface area contributed by atoms with E-state index in [0.29, 0.717) is 37.0 Å². The van der Waals surface area contributed by atoms with Gasteiger partial charge < -0.3 is 30.5 Å². The van der Waals surface area contributed by atoms with Gasteiger partial charge in [0.2, 0.25) is 0 Å². The summed E-state index contributed by atoms with van der Waals surface area (Å²) in [5.74, 6) is 2.74. The Morgan fingerprint density at radius 3 is 2.63 bits per heavy atom. The van der Waals surface area contributed by atoms with Gasteiger partial charge in [0.05, 0.1) is 6.61 Å². The number of ether oxygens (including phenoxy) is 2. The van der Waals surface area contributed by atoms with Gasteiger partial charge in [-0.1, -0.05) is 0 Å². The fourth-order valence-corrected chi connectivity index (χ4v) is 3.32. The van der Waals surface area contributed by atoms with Crippen molar-refractivity contribution in [2.45, 2.75) is 0 Å². The van der Waals surface area contributed by atoms with Gasteiger partial charge in [-0.25, -0.2) is 9.97 Å². The number of piperazine rings is 1. The molecule has 1 aromatic carbocycles. The van der Waals surface area contributed by atoms with Crippen LogP contribution in [0.15, 0.2) is 24.5 Å². The Morgan fingerprint density at radius 2 is 1.85 bits per heavy atom. The summed E-state index contributed by atoms with van der Waals surface area (Å²) in [6.45, 7) is 5.34. The van der Waals surface area contributed by atoms with Crippen molar-refractivity contribution in [2.24, 2.45) is 0 Å². The van der Waals surface area contributed by atoms with Gasteiger partial charge in [0.25, 0.3) is 0 Å². The highest BCUT2D eigenvalue weighted by Gasteiger charge is 2.21. The third-order valence-corrected chi connectivity index (χ3v) is 4.76. The van der Waals surface area contributed by atoms with Crippen molar-refractivity contribution in [1.29, 1.82) is 0 Å². The molecule has 0 radical (unpaired) electrons. The van der Waals surface area contributed by atoms with Gasteiger partial charge in [-0.15, -0.1) is 0 Å². The molecule has 2 aromatic rings. The molecule has 3 heterocycles. The van der Waals surface area contributed by atoms with Crippen LogP contribution >= 0.6 is 0 Å². The number of β-amino-alcohol motifs (C(OH)–C–C–N with tert-alkyl or cyclic N) is 1. The Morgan fingerprint density at radius 1 is 1.07 bits per heavy atom. The van der Waals surface area contributed by atoms with E-state index < -0.39 is 0 Å². The summed E-state index contributed by atoms with van der Waals surface area (Å²) in [5, 5.41) is 12.3. The van der Waals surface area contributed by atoms with E-state index in [0.717, 1.165) is 43.4 Å². The van der Waals surface area contributed by atoms with E-state index in [1.54, 1.807) is 0 Å². The molecule has 1 aromatic heterocycles. The number of nitrogens with one attached hydrogen (secondary N) is 1. The Hall–Kier alpha value is -2.78. The molecular weight excluding hydrogens is 348 g/mol. The fourth-order valence-electron chi connectivity index (χ4n) is 3.32. The number of nitrogens with zero attached hydrogens (tertiary/aromatic N) is 4. The molecule has 0 spiro atoms. The summed E-state index contributed by atoms with van der Waals surface area (Å²) in [7, 11) is 0. The van der Waals surface area contributed by atoms with E-state index in [1.165, 1.54) is 6.33 Å². The number of fused-ring (bicyclic) bond motifs is 1. The molecule has 0 amide bonds. The first-order valence-electron chi connectivity index (χ1n) is 9.10. The van der Waals surface area contributed by atoms with Crippen molar-refractivity contribution in [2.75, 3.05) is 68.5 Å². The first-order chi connectivity index (χ1) is 13.2. The molecule has 9 nitrogen and oxygen atoms in total. The van der Waals surface area contributed by atoms with Crippen LogP contribution in [0.3, 0.4) is 0 Å². The number of aromatic nitrogens is 2. The molecule has 2 aliphatic rings. The molecule has 2 aliphatic heterocycles. The molecule has 9 heteroatoms. The SMILES string of the molecule is Nc1c(Nc2ccc3c(c2)OCCO3)ncnc1N1CCN(CCO)CC1. The van der Waals surface area contributed by atoms with Crippen LogP contribution in [0.1, 0.15) is 0 Å². The quantitative estimate of drug-likeness (QED) is 0.698. The molecule has 1 saturated heterocycles. The van der Waals surface area contributed by atoms with E-state index in [-0.39, 0.29) is 6.61 Å². The minimum Gasteiger partial charge on any atom is -0.486 e. The van der Waals surface area contributed by atoms with E-state index in [9.17, 15) is 0 Å². The van der Waals surface area contributed by atoms with Crippen LogP contribution in [0, 0.1) is 0 Å². The lowest BCUT2D eigenvalue weighted by molar-refractivity contribution is 0.171. The molecule has 4 rings (SSSR count). The summed E-state index contributed by atoms with van der Waals surface area (Å²) in [4.78, 5) is 13.1. The highest BCUT2D eigenvalue weighted by atomic mass is 16.6. The Labute approximate surface area is 157 Å². The molecule has 1 fully saturated rings. The highest BCUT2D eigenvalue weighted by Crippen LogP contribution is 2.35. The smallest absolute Gasteiger partial charge is 0.163 e. The maximum Gasteiger partial charge on any atom is 0.163 e. The molecule has 0 atom stereocenters. The first-order valence-corrected chi connectivity index (χ1v) is 9.10. The normalized spacial score (nSPS) is 17.0. The summed E-state index contributed by atoms with van der Waals surface area (Å²) < 4.78 is 11.2. The average molecular weight is 372 g/mol. The Balaban J connectivity index is 1.49. The zero-order valence-corrected chi connectivity index (χ0v) is 15.1. The average Bonchev–Trinajstić information content (AvgIpc) is 2.70. The van der Waals surface area contributed by atoms with Crippen molar-refractivity contribution in [1.82, 2.24) is 14.9 Å². The monoisotopic (exact) mass is 372 g/mol. The van der Waals surface area contributed by atoms with Crippen molar-refractivity contribution < 1.29 is 14.6 Å². The fraction of sp³-hybridized carbons (Fsp3) is 0.444. The maximum absolute atomic E-state index is 9.08. The molecule has 4 N–H and O–H groups in total. The van der Waals surface area contributed by atoms with Crippen LogP contribution in [-0.2, 0) is 0 Å². The topological polar surface area (TPSA) is 109 Å². The van der Waals surface area contributed by atoms with E-state index >= 15 is 0 Å². The summed E-state index contributed by atoms with van der Waals surface area (Å²) in [5.41, 5.74) is 7.69. The second-order valence-electron chi connectivity index (χ2n) is 6.50. The lowest BCUT2D eigenvalue weighted by Crippen LogP contribution is -2.47. The van der Waals surface area contributed by atoms with Gasteiger partial charge in [-0.05, 0) is 12.1 Å². The number of hydrogen-bond donors (Lipinski definition) is 3. The Bertz CT molecular complexity index is 795. The predicted molar refractivity (Wildman–Crippen MR) is 103 cm³/mol. The molecule has 144 valence electrons. The van der Waals surface area contributed by atoms with Crippen LogP contribution < -0.4 is 25.4 Å². The molecule has 0 bridgehead atoms. The van der Waals surface area contributed by atoms with Gasteiger partial charge >= 0.3 is 0 Å². The van der Waals surface area contributed by atoms with E-state index in [1.807, 2.05) is 18.2 Å². The van der Waals surface area contributed by atoms with Gasteiger partial charge in [0.1, 0.15) is 25.2 Å². The zero-order chi connectivity index (χ0) is 18.6. The number of anilines is 4. The lowest BCUT2D eigenvalue weighted by atomic mass is 10.2. The lowest BCUT2D eigenvalue weighted by Gasteiger charge is -2.35. The van der Waals surface area contributed by atoms with Crippen LogP contribution in [-0.4, -0.2) is 72.5 Å². The van der Waals surface area contributed by atoms with Gasteiger partial charge in [-0.3, -0.25) is 4.90 Å². The molecule has 0 aliphatic carbocycles. The third-order valence-electron chi connectivity index (χ3n) is 4.76. The van der Waals surface area contributed by atoms with E-state index in [4.69, 9.17) is 20.3 Å². The molecular formula is C18H24N6O3. The number of aliphatic hydroxyl groups excluding tert-OH is 1. The highest BCUT2D eigenvalue weighted by molar-refractivity contribution is 5.78. The van der Waals surface area contributed by atoms with E-state index in [2.05, 4.69) is 25.1 Å². The van der Waals surface area contributed by atoms with Crippen molar-refractivity contribution in [3.8, 4) is 11.5 Å². The van der Waals surface area contributed by atoms with Crippen molar-refractivity contribution in [3.05, 3.63) is 24.5 Å². The largest absolute Gasteiger partial charge is 0.486 e. The third kappa shape index (κ3) is 3.83. The van der Waals surface area contributed by atoms with Crippen molar-refractivity contribution in [3.63, 3.8) is 0 Å². The van der Waals surface area contributed by atoms with Crippen LogP contribution in [0.25, 0.3) is 0 Å². The van der Waals surface area contributed by atoms with Gasteiger partial charge in [0.15, 0.2) is 23.1 Å². The second kappa shape index (κ2) is 7.85. The molecule has 27 heavy (non-hydrogen) atoms. The van der Waals surface area contributed by atoms with Gasteiger partial charge in [0, 0.05) is 44.5 Å². The number of rotatable bonds is 5. The first kappa shape index (κ1) is 17.6. The van der Waals surface area contributed by atoms with Crippen LogP contribution in [0.2, 0.25) is 0 Å². The zero-order valence-electron chi connectivity index (χ0n) is 15.1. The standard InChI is InChI=1S/C18H24N6O3/c19-16-17(22-13-1-2-14-15(11-13)27-10-9-26-14)20-12-21-18(16)24-5-3-23(4-6-24)7-8-25/h1-2,11-12,25H,3-10,19H2,(H,20,21,22). The van der Waals surface area contributed by atoms with Crippen molar-refractivity contribution >= 4 is 23.0 Å².